The molecule has 10 nitrogen and oxygen atoms in total. The molecule has 0 radical (unpaired) electrons. The van der Waals surface area contributed by atoms with E-state index in [2.05, 4.69) is 36.0 Å². The van der Waals surface area contributed by atoms with Gasteiger partial charge < -0.3 is 20.8 Å². The van der Waals surface area contributed by atoms with Crippen LogP contribution < -0.4 is 10.6 Å². The van der Waals surface area contributed by atoms with Crippen LogP contribution in [0.1, 0.15) is 24.2 Å². The first-order valence-electron chi connectivity index (χ1n) is 8.15. The number of aromatic nitrogens is 5. The Balaban J connectivity index is 1.97. The molecule has 0 fully saturated rings. The van der Waals surface area contributed by atoms with Crippen LogP contribution in [0, 0.1) is 5.92 Å². The lowest BCUT2D eigenvalue weighted by Gasteiger charge is -2.20. The molecule has 11 heteroatoms. The van der Waals surface area contributed by atoms with Crippen molar-refractivity contribution in [3.63, 3.8) is 0 Å². The molecule has 3 rings (SSSR count). The van der Waals surface area contributed by atoms with Crippen LogP contribution in [0.4, 0.5) is 17.5 Å². The maximum Gasteiger partial charge on any atom is 0.337 e. The minimum absolute atomic E-state index is 0.0365. The van der Waals surface area contributed by atoms with E-state index in [0.29, 0.717) is 22.7 Å². The Bertz CT molecular complexity index is 976. The van der Waals surface area contributed by atoms with Crippen molar-refractivity contribution < 1.29 is 15.0 Å². The minimum atomic E-state index is -1.14. The van der Waals surface area contributed by atoms with Gasteiger partial charge in [-0.1, -0.05) is 30.7 Å². The molecule has 0 bridgehead atoms. The van der Waals surface area contributed by atoms with Crippen LogP contribution in [0.3, 0.4) is 0 Å². The monoisotopic (exact) mass is 391 g/mol. The highest BCUT2D eigenvalue weighted by Crippen LogP contribution is 2.26. The van der Waals surface area contributed by atoms with Gasteiger partial charge in [0.05, 0.1) is 23.2 Å². The SMILES string of the molecule is CC(C)C(CO)Nc1nc(Nc2ccc(Cl)c(C(=O)O)c2)c2nn[nH]c2n1. The van der Waals surface area contributed by atoms with Crippen molar-refractivity contribution in [2.75, 3.05) is 17.2 Å². The summed E-state index contributed by atoms with van der Waals surface area (Å²) < 4.78 is 0. The van der Waals surface area contributed by atoms with Crippen LogP contribution in [-0.2, 0) is 0 Å². The minimum Gasteiger partial charge on any atom is -0.478 e. The Morgan fingerprint density at radius 2 is 2.11 bits per heavy atom. The largest absolute Gasteiger partial charge is 0.478 e. The van der Waals surface area contributed by atoms with E-state index in [9.17, 15) is 15.0 Å². The van der Waals surface area contributed by atoms with Crippen LogP contribution in [0.2, 0.25) is 5.02 Å². The van der Waals surface area contributed by atoms with E-state index in [4.69, 9.17) is 11.6 Å². The molecule has 0 saturated carbocycles. The fraction of sp³-hybridized carbons (Fsp3) is 0.312. The number of carboxylic acid groups (broad SMARTS) is 1. The topological polar surface area (TPSA) is 149 Å². The zero-order valence-corrected chi connectivity index (χ0v) is 15.3. The van der Waals surface area contributed by atoms with Gasteiger partial charge in [0.2, 0.25) is 5.95 Å². The molecule has 0 aliphatic carbocycles. The van der Waals surface area contributed by atoms with E-state index in [-0.39, 0.29) is 35.1 Å². The van der Waals surface area contributed by atoms with Gasteiger partial charge in [-0.3, -0.25) is 0 Å². The molecule has 27 heavy (non-hydrogen) atoms. The van der Waals surface area contributed by atoms with E-state index in [1.165, 1.54) is 12.1 Å². The molecule has 0 aliphatic heterocycles. The van der Waals surface area contributed by atoms with Crippen LogP contribution in [0.15, 0.2) is 18.2 Å². The number of hydrogen-bond donors (Lipinski definition) is 5. The highest BCUT2D eigenvalue weighted by atomic mass is 35.5. The maximum atomic E-state index is 11.3. The summed E-state index contributed by atoms with van der Waals surface area (Å²) in [7, 11) is 0. The number of nitrogens with one attached hydrogen (secondary N) is 3. The molecule has 1 aromatic carbocycles. The van der Waals surface area contributed by atoms with Gasteiger partial charge in [0, 0.05) is 5.69 Å². The second-order valence-corrected chi connectivity index (χ2v) is 6.61. The number of H-pyrrole nitrogens is 1. The normalized spacial score (nSPS) is 12.3. The van der Waals surface area contributed by atoms with Gasteiger partial charge in [-0.05, 0) is 24.1 Å². The molecule has 0 saturated heterocycles. The molecule has 2 heterocycles. The molecule has 3 aromatic rings. The summed E-state index contributed by atoms with van der Waals surface area (Å²) in [5, 5.41) is 35.3. The van der Waals surface area contributed by atoms with Crippen molar-refractivity contribution in [1.82, 2.24) is 25.4 Å². The van der Waals surface area contributed by atoms with Crippen LogP contribution in [-0.4, -0.2) is 54.2 Å². The number of nitrogens with zero attached hydrogens (tertiary/aromatic N) is 4. The van der Waals surface area contributed by atoms with Gasteiger partial charge in [-0.15, -0.1) is 5.10 Å². The zero-order chi connectivity index (χ0) is 19.6. The molecule has 0 spiro atoms. The predicted octanol–water partition coefficient (Wildman–Crippen LogP) is 2.27. The summed E-state index contributed by atoms with van der Waals surface area (Å²) in [5.74, 6) is -0.380. The van der Waals surface area contributed by atoms with Crippen molar-refractivity contribution >= 4 is 46.2 Å². The van der Waals surface area contributed by atoms with Gasteiger partial charge in [-0.25, -0.2) is 9.89 Å². The lowest BCUT2D eigenvalue weighted by atomic mass is 10.1. The lowest BCUT2D eigenvalue weighted by molar-refractivity contribution is 0.0697. The third kappa shape index (κ3) is 4.07. The maximum absolute atomic E-state index is 11.3. The number of hydrogen-bond acceptors (Lipinski definition) is 8. The fourth-order valence-corrected chi connectivity index (χ4v) is 2.59. The summed E-state index contributed by atoms with van der Waals surface area (Å²) >= 11 is 5.90. The molecule has 0 aliphatic rings. The average Bonchev–Trinajstić information content (AvgIpc) is 3.09. The number of carbonyl (C=O) groups is 1. The molecule has 1 unspecified atom stereocenters. The smallest absolute Gasteiger partial charge is 0.337 e. The van der Waals surface area contributed by atoms with Gasteiger partial charge in [0.1, 0.15) is 0 Å². The molecule has 1 atom stereocenters. The molecule has 0 amide bonds. The molecule has 142 valence electrons. The van der Waals surface area contributed by atoms with Crippen molar-refractivity contribution in [3.8, 4) is 0 Å². The Morgan fingerprint density at radius 1 is 1.33 bits per heavy atom. The van der Waals surface area contributed by atoms with E-state index in [1.807, 2.05) is 13.8 Å². The Labute approximate surface area is 159 Å². The first kappa shape index (κ1) is 18.8. The number of carboxylic acids is 1. The number of aromatic amines is 1. The summed E-state index contributed by atoms with van der Waals surface area (Å²) in [5.41, 5.74) is 1.21. The number of rotatable bonds is 7. The quantitative estimate of drug-likeness (QED) is 0.408. The second kappa shape index (κ2) is 7.72. The second-order valence-electron chi connectivity index (χ2n) is 6.21. The number of aromatic carboxylic acids is 1. The summed E-state index contributed by atoms with van der Waals surface area (Å²) in [6.07, 6.45) is 0. The number of aliphatic hydroxyl groups excluding tert-OH is 1. The van der Waals surface area contributed by atoms with Crippen molar-refractivity contribution in [2.45, 2.75) is 19.9 Å². The highest BCUT2D eigenvalue weighted by Gasteiger charge is 2.17. The van der Waals surface area contributed by atoms with Gasteiger partial charge in [0.25, 0.3) is 0 Å². The van der Waals surface area contributed by atoms with E-state index < -0.39 is 5.97 Å². The first-order chi connectivity index (χ1) is 12.9. The summed E-state index contributed by atoms with van der Waals surface area (Å²) in [4.78, 5) is 20.0. The number of aliphatic hydroxyl groups is 1. The van der Waals surface area contributed by atoms with E-state index >= 15 is 0 Å². The fourth-order valence-electron chi connectivity index (χ4n) is 2.39. The molecular formula is C16H18ClN7O3. The number of halogens is 1. The lowest BCUT2D eigenvalue weighted by Crippen LogP contribution is -2.30. The van der Waals surface area contributed by atoms with E-state index in [0.717, 1.165) is 0 Å². The van der Waals surface area contributed by atoms with Crippen molar-refractivity contribution in [3.05, 3.63) is 28.8 Å². The summed E-state index contributed by atoms with van der Waals surface area (Å²) in [6.45, 7) is 3.84. The van der Waals surface area contributed by atoms with Gasteiger partial charge >= 0.3 is 5.97 Å². The Hall–Kier alpha value is -2.98. The first-order valence-corrected chi connectivity index (χ1v) is 8.53. The van der Waals surface area contributed by atoms with Crippen LogP contribution >= 0.6 is 11.6 Å². The molecule has 2 aromatic heterocycles. The van der Waals surface area contributed by atoms with Gasteiger partial charge in [-0.2, -0.15) is 9.97 Å². The number of anilines is 3. The standard InChI is InChI=1S/C16H18ClN7O3/c1-7(2)11(6-25)19-16-20-13(12-14(21-16)23-24-22-12)18-8-3-4-10(17)9(5-8)15(26)27/h3-5,7,11,25H,6H2,1-2H3,(H,26,27)(H3,18,19,20,21,22,23,24). The van der Waals surface area contributed by atoms with Crippen LogP contribution in [0.25, 0.3) is 11.2 Å². The predicted molar refractivity (Wildman–Crippen MR) is 101 cm³/mol. The van der Waals surface area contributed by atoms with Gasteiger partial charge in [0.15, 0.2) is 17.0 Å². The third-order valence-electron chi connectivity index (χ3n) is 3.97. The van der Waals surface area contributed by atoms with Crippen molar-refractivity contribution in [1.29, 1.82) is 0 Å². The van der Waals surface area contributed by atoms with E-state index in [1.54, 1.807) is 6.07 Å². The Morgan fingerprint density at radius 3 is 2.78 bits per heavy atom. The third-order valence-corrected chi connectivity index (χ3v) is 4.29. The number of benzene rings is 1. The van der Waals surface area contributed by atoms with Crippen LogP contribution in [0.5, 0.6) is 0 Å². The molecule has 5 N–H and O–H groups in total. The number of fused-ring (bicyclic) bond motifs is 1. The average molecular weight is 392 g/mol. The van der Waals surface area contributed by atoms with Crippen molar-refractivity contribution in [2.24, 2.45) is 5.92 Å². The highest BCUT2D eigenvalue weighted by molar-refractivity contribution is 6.33. The molecular weight excluding hydrogens is 374 g/mol. The zero-order valence-electron chi connectivity index (χ0n) is 14.6. The Kier molecular flexibility index (Phi) is 5.38. The summed E-state index contributed by atoms with van der Waals surface area (Å²) in [6, 6.07) is 4.27.